The van der Waals surface area contributed by atoms with Crippen molar-refractivity contribution in [1.29, 1.82) is 0 Å². The van der Waals surface area contributed by atoms with Crippen LogP contribution in [0.1, 0.15) is 71.3 Å². The van der Waals surface area contributed by atoms with E-state index in [1.54, 1.807) is 0 Å². The summed E-state index contributed by atoms with van der Waals surface area (Å²) in [6.45, 7) is 20.4. The minimum absolute atomic E-state index is 0.895. The number of nitrogens with one attached hydrogen (secondary N) is 1. The number of para-hydroxylation sites is 2. The molecule has 2 heteroatoms. The third kappa shape index (κ3) is 11.2. The fourth-order valence-corrected chi connectivity index (χ4v) is 2.30. The zero-order valence-electron chi connectivity index (χ0n) is 20.9. The Labute approximate surface area is 190 Å². The zero-order chi connectivity index (χ0) is 23.6. The highest BCUT2D eigenvalue weighted by Gasteiger charge is 2.03. The van der Waals surface area contributed by atoms with E-state index in [1.807, 2.05) is 70.2 Å². The summed E-state index contributed by atoms with van der Waals surface area (Å²) in [5.74, 6) is 0.895. The quantitative estimate of drug-likeness (QED) is 0.420. The summed E-state index contributed by atoms with van der Waals surface area (Å²) in [4.78, 5) is 7.87. The van der Waals surface area contributed by atoms with E-state index in [-0.39, 0.29) is 0 Å². The van der Waals surface area contributed by atoms with E-state index < -0.39 is 0 Å². The van der Waals surface area contributed by atoms with Crippen molar-refractivity contribution in [2.24, 2.45) is 0 Å². The maximum Gasteiger partial charge on any atom is 0.138 e. The molecule has 0 radical (unpaired) electrons. The summed E-state index contributed by atoms with van der Waals surface area (Å²) >= 11 is 0. The Balaban J connectivity index is 0.000000534. The number of aryl methyl sites for hydroxylation is 2. The molecule has 1 aromatic heterocycles. The Morgan fingerprint density at radius 2 is 1.42 bits per heavy atom. The first-order chi connectivity index (χ1) is 14.9. The molecule has 3 rings (SSSR count). The number of allylic oxidation sites excluding steroid dienone is 5. The molecule has 0 saturated heterocycles. The Morgan fingerprint density at radius 1 is 0.903 bits per heavy atom. The van der Waals surface area contributed by atoms with Crippen molar-refractivity contribution in [1.82, 2.24) is 9.97 Å². The molecule has 0 amide bonds. The molecule has 0 bridgehead atoms. The second-order valence-electron chi connectivity index (χ2n) is 7.11. The van der Waals surface area contributed by atoms with Crippen LogP contribution in [0.3, 0.4) is 0 Å². The normalized spacial score (nSPS) is 10.4. The van der Waals surface area contributed by atoms with Crippen molar-refractivity contribution in [3.8, 4) is 0 Å². The second kappa shape index (κ2) is 16.9. The van der Waals surface area contributed by atoms with Crippen molar-refractivity contribution in [2.75, 3.05) is 0 Å². The molecule has 0 aliphatic rings. The Morgan fingerprint density at radius 3 is 1.84 bits per heavy atom. The molecular formula is C29H42N2. The molecule has 168 valence electrons. The Bertz CT molecular complexity index is 886. The van der Waals surface area contributed by atoms with E-state index in [0.717, 1.165) is 28.0 Å². The fraction of sp³-hybridized carbons (Fsp3) is 0.345. The van der Waals surface area contributed by atoms with Crippen LogP contribution in [-0.2, 0) is 0 Å². The SMILES string of the molecule is C=C(C)/C=C\C(=C/C)c1nc2ccccc2[nH]1.CC.CCCC.Cc1ccccc1C. The second-order valence-corrected chi connectivity index (χ2v) is 7.11. The fourth-order valence-electron chi connectivity index (χ4n) is 2.30. The van der Waals surface area contributed by atoms with Gasteiger partial charge in [-0.2, -0.15) is 0 Å². The van der Waals surface area contributed by atoms with Gasteiger partial charge in [-0.3, -0.25) is 0 Å². The van der Waals surface area contributed by atoms with Gasteiger partial charge in [0.05, 0.1) is 11.0 Å². The van der Waals surface area contributed by atoms with Gasteiger partial charge in [0.2, 0.25) is 0 Å². The summed E-state index contributed by atoms with van der Waals surface area (Å²) in [6.07, 6.45) is 8.69. The van der Waals surface area contributed by atoms with E-state index in [9.17, 15) is 0 Å². The number of imidazole rings is 1. The lowest BCUT2D eigenvalue weighted by molar-refractivity contribution is 0.886. The monoisotopic (exact) mass is 418 g/mol. The van der Waals surface area contributed by atoms with E-state index in [4.69, 9.17) is 0 Å². The van der Waals surface area contributed by atoms with Gasteiger partial charge >= 0.3 is 0 Å². The van der Waals surface area contributed by atoms with E-state index >= 15 is 0 Å². The van der Waals surface area contributed by atoms with E-state index in [2.05, 4.69) is 68.5 Å². The molecule has 2 nitrogen and oxygen atoms in total. The molecule has 0 fully saturated rings. The van der Waals surface area contributed by atoms with Gasteiger partial charge in [-0.15, -0.1) is 0 Å². The molecule has 0 atom stereocenters. The van der Waals surface area contributed by atoms with Crippen LogP contribution in [0.25, 0.3) is 16.6 Å². The molecular weight excluding hydrogens is 376 g/mol. The third-order valence-corrected chi connectivity index (χ3v) is 4.45. The minimum atomic E-state index is 0.895. The summed E-state index contributed by atoms with van der Waals surface area (Å²) in [6, 6.07) is 16.4. The van der Waals surface area contributed by atoms with Crippen molar-refractivity contribution in [2.45, 2.75) is 68.2 Å². The molecule has 0 unspecified atom stereocenters. The van der Waals surface area contributed by atoms with Gasteiger partial charge in [0.1, 0.15) is 5.82 Å². The number of H-pyrrole nitrogens is 1. The zero-order valence-corrected chi connectivity index (χ0v) is 20.9. The van der Waals surface area contributed by atoms with Crippen LogP contribution in [-0.4, -0.2) is 9.97 Å². The van der Waals surface area contributed by atoms with Crippen LogP contribution in [0.15, 0.2) is 78.9 Å². The van der Waals surface area contributed by atoms with Gasteiger partial charge < -0.3 is 4.98 Å². The topological polar surface area (TPSA) is 28.7 Å². The minimum Gasteiger partial charge on any atom is -0.338 e. The number of unbranched alkanes of at least 4 members (excludes halogenated alkanes) is 1. The van der Waals surface area contributed by atoms with Crippen molar-refractivity contribution in [3.63, 3.8) is 0 Å². The van der Waals surface area contributed by atoms with Crippen LogP contribution in [0.4, 0.5) is 0 Å². The number of hydrogen-bond donors (Lipinski definition) is 1. The smallest absolute Gasteiger partial charge is 0.138 e. The predicted molar refractivity (Wildman–Crippen MR) is 142 cm³/mol. The molecule has 1 heterocycles. The molecule has 1 N–H and O–H groups in total. The first kappa shape index (κ1) is 28.1. The van der Waals surface area contributed by atoms with Crippen LogP contribution < -0.4 is 0 Å². The Hall–Kier alpha value is -2.87. The largest absolute Gasteiger partial charge is 0.338 e. The standard InChI is InChI=1S/C15H16N2.C8H10.C4H10.C2H6/c1-4-12(10-9-11(2)3)15-16-13-7-5-6-8-14(13)17-15;1-7-5-3-4-6-8(7)2;1-3-4-2;1-2/h4-10H,2H2,1,3H3,(H,16,17);3-6H,1-2H3;3-4H2,1-2H3;1-2H3/b10-9-,12-4+;;;. The molecule has 0 aliphatic heterocycles. The van der Waals surface area contributed by atoms with E-state index in [0.29, 0.717) is 0 Å². The first-order valence-electron chi connectivity index (χ1n) is 11.4. The van der Waals surface area contributed by atoms with Gasteiger partial charge in [-0.1, -0.05) is 107 Å². The van der Waals surface area contributed by atoms with Gasteiger partial charge in [0.15, 0.2) is 0 Å². The maximum absolute atomic E-state index is 4.56. The third-order valence-electron chi connectivity index (χ3n) is 4.45. The van der Waals surface area contributed by atoms with Crippen LogP contribution in [0, 0.1) is 13.8 Å². The number of aromatic amines is 1. The van der Waals surface area contributed by atoms with Crippen LogP contribution >= 0.6 is 0 Å². The highest BCUT2D eigenvalue weighted by atomic mass is 14.9. The summed E-state index contributed by atoms with van der Waals surface area (Å²) in [5, 5.41) is 0. The molecule has 2 aromatic carbocycles. The lowest BCUT2D eigenvalue weighted by Crippen LogP contribution is -1.83. The maximum atomic E-state index is 4.56. The number of aromatic nitrogens is 2. The number of fused-ring (bicyclic) bond motifs is 1. The average molecular weight is 419 g/mol. The predicted octanol–water partition coefficient (Wildman–Crippen LogP) is 9.23. The number of rotatable bonds is 4. The van der Waals surface area contributed by atoms with Gasteiger partial charge in [-0.05, 0) is 51.0 Å². The summed E-state index contributed by atoms with van der Waals surface area (Å²) in [5.41, 5.74) is 6.89. The lowest BCUT2D eigenvalue weighted by Gasteiger charge is -1.95. The van der Waals surface area contributed by atoms with Crippen LogP contribution in [0.2, 0.25) is 0 Å². The molecule has 0 aliphatic carbocycles. The number of hydrogen-bond acceptors (Lipinski definition) is 1. The van der Waals surface area contributed by atoms with Crippen molar-refractivity contribution >= 4 is 16.6 Å². The molecule has 3 aromatic rings. The lowest BCUT2D eigenvalue weighted by atomic mass is 10.1. The first-order valence-corrected chi connectivity index (χ1v) is 11.4. The van der Waals surface area contributed by atoms with Crippen molar-refractivity contribution < 1.29 is 0 Å². The highest BCUT2D eigenvalue weighted by molar-refractivity contribution is 5.80. The van der Waals surface area contributed by atoms with Gasteiger partial charge in [0, 0.05) is 5.57 Å². The number of nitrogens with zero attached hydrogens (tertiary/aromatic N) is 1. The highest BCUT2D eigenvalue weighted by Crippen LogP contribution is 2.18. The molecule has 0 saturated carbocycles. The van der Waals surface area contributed by atoms with Crippen molar-refractivity contribution in [3.05, 3.63) is 95.9 Å². The van der Waals surface area contributed by atoms with E-state index in [1.165, 1.54) is 24.0 Å². The van der Waals surface area contributed by atoms with Crippen LogP contribution in [0.5, 0.6) is 0 Å². The van der Waals surface area contributed by atoms with Gasteiger partial charge in [0.25, 0.3) is 0 Å². The Kier molecular flexibility index (Phi) is 15.3. The summed E-state index contributed by atoms with van der Waals surface area (Å²) in [7, 11) is 0. The van der Waals surface area contributed by atoms with Gasteiger partial charge in [-0.25, -0.2) is 4.98 Å². The average Bonchev–Trinajstić information content (AvgIpc) is 3.22. The molecule has 31 heavy (non-hydrogen) atoms. The summed E-state index contributed by atoms with van der Waals surface area (Å²) < 4.78 is 0. The molecule has 0 spiro atoms. The number of benzene rings is 2.